The van der Waals surface area contributed by atoms with E-state index in [2.05, 4.69) is 10.2 Å². The topological polar surface area (TPSA) is 77.7 Å². The van der Waals surface area contributed by atoms with Gasteiger partial charge in [0.2, 0.25) is 17.7 Å². The number of fused-ring (bicyclic) bond motifs is 1. The first-order valence-corrected chi connectivity index (χ1v) is 9.63. The molecule has 0 N–H and O–H groups in total. The van der Waals surface area contributed by atoms with Gasteiger partial charge in [-0.15, -0.1) is 10.2 Å². The lowest BCUT2D eigenvalue weighted by atomic mass is 9.90. The molecule has 1 saturated carbocycles. The highest BCUT2D eigenvalue weighted by molar-refractivity contribution is 5.79. The van der Waals surface area contributed by atoms with Gasteiger partial charge >= 0.3 is 0 Å². The Balaban J connectivity index is 1.21. The number of likely N-dealkylation sites (tertiary alicyclic amines) is 1. The van der Waals surface area contributed by atoms with Crippen molar-refractivity contribution in [2.24, 2.45) is 11.8 Å². The van der Waals surface area contributed by atoms with Gasteiger partial charge in [0.05, 0.1) is 6.10 Å². The monoisotopic (exact) mass is 347 g/mol. The number of hydrogen-bond donors (Lipinski definition) is 0. The van der Waals surface area contributed by atoms with Crippen LogP contribution in [0.4, 0.5) is 0 Å². The number of carbonyl (C=O) groups is 1. The van der Waals surface area contributed by atoms with E-state index in [0.717, 1.165) is 57.5 Å². The van der Waals surface area contributed by atoms with Crippen LogP contribution in [-0.2, 0) is 14.3 Å². The minimum absolute atomic E-state index is 0.104. The summed E-state index contributed by atoms with van der Waals surface area (Å²) in [6.07, 6.45) is 5.90. The molecule has 136 valence electrons. The molecule has 0 spiro atoms. The van der Waals surface area contributed by atoms with Crippen LogP contribution in [0.1, 0.15) is 62.3 Å². The molecule has 1 aromatic heterocycles. The minimum Gasteiger partial charge on any atom is -0.422 e. The van der Waals surface area contributed by atoms with Crippen LogP contribution in [0.3, 0.4) is 0 Å². The second-order valence-electron chi connectivity index (χ2n) is 7.87. The number of hydrogen-bond acceptors (Lipinski definition) is 6. The van der Waals surface area contributed by atoms with Crippen LogP contribution in [0.5, 0.6) is 0 Å². The number of rotatable bonds is 3. The van der Waals surface area contributed by atoms with E-state index < -0.39 is 0 Å². The molecule has 0 unspecified atom stereocenters. The van der Waals surface area contributed by atoms with Gasteiger partial charge in [-0.1, -0.05) is 0 Å². The van der Waals surface area contributed by atoms with Gasteiger partial charge in [-0.2, -0.15) is 0 Å². The molecule has 1 aromatic rings. The van der Waals surface area contributed by atoms with Crippen LogP contribution < -0.4 is 0 Å². The van der Waals surface area contributed by atoms with Gasteiger partial charge in [0.15, 0.2) is 0 Å². The maximum absolute atomic E-state index is 12.8. The quantitative estimate of drug-likeness (QED) is 0.833. The SMILES string of the molecule is O=C(C1CCOCC1)N1CC[C@@H]2O[C@@H](c3nnc(C4CC4)o3)C[C@H]2C1. The van der Waals surface area contributed by atoms with Crippen molar-refractivity contribution in [3.63, 3.8) is 0 Å². The Morgan fingerprint density at radius 3 is 2.64 bits per heavy atom. The lowest BCUT2D eigenvalue weighted by Gasteiger charge is -2.36. The van der Waals surface area contributed by atoms with E-state index in [1.807, 2.05) is 4.90 Å². The van der Waals surface area contributed by atoms with E-state index in [1.54, 1.807) is 0 Å². The van der Waals surface area contributed by atoms with E-state index in [-0.39, 0.29) is 18.1 Å². The third-order valence-electron chi connectivity index (χ3n) is 6.06. The maximum Gasteiger partial charge on any atom is 0.245 e. The minimum atomic E-state index is -0.104. The van der Waals surface area contributed by atoms with Crippen molar-refractivity contribution in [2.45, 2.75) is 56.7 Å². The van der Waals surface area contributed by atoms with Crippen LogP contribution in [-0.4, -0.2) is 53.4 Å². The molecule has 7 heteroatoms. The van der Waals surface area contributed by atoms with Gasteiger partial charge in [-0.3, -0.25) is 4.79 Å². The normalized spacial score (nSPS) is 33.4. The van der Waals surface area contributed by atoms with Crippen molar-refractivity contribution in [1.29, 1.82) is 0 Å². The van der Waals surface area contributed by atoms with E-state index in [4.69, 9.17) is 13.9 Å². The fourth-order valence-electron chi connectivity index (χ4n) is 4.39. The average molecular weight is 347 g/mol. The zero-order chi connectivity index (χ0) is 16.8. The first-order valence-electron chi connectivity index (χ1n) is 9.63. The zero-order valence-electron chi connectivity index (χ0n) is 14.4. The Kier molecular flexibility index (Phi) is 4.01. The van der Waals surface area contributed by atoms with Crippen molar-refractivity contribution in [2.75, 3.05) is 26.3 Å². The van der Waals surface area contributed by atoms with Crippen molar-refractivity contribution in [3.05, 3.63) is 11.8 Å². The van der Waals surface area contributed by atoms with Crippen LogP contribution in [0, 0.1) is 11.8 Å². The number of amides is 1. The average Bonchev–Trinajstić information content (AvgIpc) is 3.23. The predicted octanol–water partition coefficient (Wildman–Crippen LogP) is 2.05. The molecular formula is C18H25N3O4. The summed E-state index contributed by atoms with van der Waals surface area (Å²) in [6.45, 7) is 3.01. The van der Waals surface area contributed by atoms with Gasteiger partial charge in [-0.25, -0.2) is 0 Å². The third kappa shape index (κ3) is 3.08. The highest BCUT2D eigenvalue weighted by atomic mass is 16.5. The number of nitrogens with zero attached hydrogens (tertiary/aromatic N) is 3. The second-order valence-corrected chi connectivity index (χ2v) is 7.87. The lowest BCUT2D eigenvalue weighted by molar-refractivity contribution is -0.141. The molecule has 4 heterocycles. The van der Waals surface area contributed by atoms with Gasteiger partial charge in [-0.05, 0) is 38.5 Å². The molecule has 3 aliphatic heterocycles. The Hall–Kier alpha value is -1.47. The zero-order valence-corrected chi connectivity index (χ0v) is 14.4. The molecule has 0 radical (unpaired) electrons. The summed E-state index contributed by atoms with van der Waals surface area (Å²) in [5, 5.41) is 8.38. The van der Waals surface area contributed by atoms with Crippen LogP contribution in [0.2, 0.25) is 0 Å². The molecule has 3 atom stereocenters. The summed E-state index contributed by atoms with van der Waals surface area (Å²) >= 11 is 0. The largest absolute Gasteiger partial charge is 0.422 e. The highest BCUT2D eigenvalue weighted by Gasteiger charge is 2.43. The molecule has 25 heavy (non-hydrogen) atoms. The summed E-state index contributed by atoms with van der Waals surface area (Å²) < 4.78 is 17.4. The summed E-state index contributed by atoms with van der Waals surface area (Å²) in [5.41, 5.74) is 0. The molecule has 4 fully saturated rings. The van der Waals surface area contributed by atoms with Crippen molar-refractivity contribution in [3.8, 4) is 0 Å². The standard InChI is InChI=1S/C18H25N3O4/c22-18(12-4-7-23-8-5-12)21-6-3-14-13(10-21)9-15(24-14)17-20-19-16(25-17)11-1-2-11/h11-15H,1-10H2/t13-,14-,15+/m0/s1. The van der Waals surface area contributed by atoms with E-state index in [9.17, 15) is 4.79 Å². The van der Waals surface area contributed by atoms with Gasteiger partial charge < -0.3 is 18.8 Å². The smallest absolute Gasteiger partial charge is 0.245 e. The van der Waals surface area contributed by atoms with E-state index >= 15 is 0 Å². The molecule has 7 nitrogen and oxygen atoms in total. The molecule has 3 saturated heterocycles. The Morgan fingerprint density at radius 1 is 1.04 bits per heavy atom. The fourth-order valence-corrected chi connectivity index (χ4v) is 4.39. The molecule has 4 aliphatic rings. The Morgan fingerprint density at radius 2 is 1.84 bits per heavy atom. The van der Waals surface area contributed by atoms with E-state index in [1.165, 1.54) is 0 Å². The number of piperidine rings is 1. The van der Waals surface area contributed by atoms with Gasteiger partial charge in [0.1, 0.15) is 6.10 Å². The summed E-state index contributed by atoms with van der Waals surface area (Å²) in [6, 6.07) is 0. The van der Waals surface area contributed by atoms with Crippen LogP contribution in [0.25, 0.3) is 0 Å². The predicted molar refractivity (Wildman–Crippen MR) is 86.7 cm³/mol. The summed E-state index contributed by atoms with van der Waals surface area (Å²) in [4.78, 5) is 14.8. The third-order valence-corrected chi connectivity index (χ3v) is 6.06. The molecule has 1 aliphatic carbocycles. The molecule has 5 rings (SSSR count). The molecule has 1 amide bonds. The molecule has 0 aromatic carbocycles. The fraction of sp³-hybridized carbons (Fsp3) is 0.833. The second kappa shape index (κ2) is 6.36. The maximum atomic E-state index is 12.8. The van der Waals surface area contributed by atoms with Crippen LogP contribution >= 0.6 is 0 Å². The summed E-state index contributed by atoms with van der Waals surface area (Å²) in [5.74, 6) is 2.68. The highest BCUT2D eigenvalue weighted by Crippen LogP contribution is 2.43. The van der Waals surface area contributed by atoms with Crippen LogP contribution in [0.15, 0.2) is 4.42 Å². The molecule has 0 bridgehead atoms. The van der Waals surface area contributed by atoms with E-state index in [0.29, 0.717) is 36.8 Å². The van der Waals surface area contributed by atoms with Crippen molar-refractivity contribution < 1.29 is 18.7 Å². The number of carbonyl (C=O) groups excluding carboxylic acids is 1. The first kappa shape index (κ1) is 15.8. The van der Waals surface area contributed by atoms with Gasteiger partial charge in [0.25, 0.3) is 0 Å². The van der Waals surface area contributed by atoms with Crippen molar-refractivity contribution in [1.82, 2.24) is 15.1 Å². The van der Waals surface area contributed by atoms with Gasteiger partial charge in [0, 0.05) is 44.1 Å². The lowest BCUT2D eigenvalue weighted by Crippen LogP contribution is -2.47. The number of ether oxygens (including phenoxy) is 2. The van der Waals surface area contributed by atoms with Crippen molar-refractivity contribution >= 4 is 5.91 Å². The number of aromatic nitrogens is 2. The first-order chi connectivity index (χ1) is 12.3. The molecular weight excluding hydrogens is 322 g/mol. The Bertz CT molecular complexity index is 638. The summed E-state index contributed by atoms with van der Waals surface area (Å²) in [7, 11) is 0. The Labute approximate surface area is 147 Å².